The maximum atomic E-state index is 10.4. The molecule has 90 valence electrons. The topological polar surface area (TPSA) is 54.3 Å². The molecule has 0 atom stereocenters. The number of rotatable bonds is 5. The Morgan fingerprint density at radius 1 is 1.41 bits per heavy atom. The van der Waals surface area contributed by atoms with Crippen LogP contribution < -0.4 is 5.32 Å². The SMILES string of the molecule is Cn1ccc2cccc(CCNCC(=O)O)c21. The van der Waals surface area contributed by atoms with E-state index in [1.807, 2.05) is 19.3 Å². The van der Waals surface area contributed by atoms with E-state index in [-0.39, 0.29) is 6.54 Å². The van der Waals surface area contributed by atoms with Crippen molar-refractivity contribution in [1.82, 2.24) is 9.88 Å². The van der Waals surface area contributed by atoms with Crippen LogP contribution in [-0.4, -0.2) is 28.7 Å². The zero-order chi connectivity index (χ0) is 12.3. The molecule has 2 N–H and O–H groups in total. The molecule has 2 aromatic rings. The third kappa shape index (κ3) is 2.65. The number of para-hydroxylation sites is 1. The molecule has 0 spiro atoms. The normalized spacial score (nSPS) is 10.9. The van der Waals surface area contributed by atoms with Gasteiger partial charge in [-0.2, -0.15) is 0 Å². The molecular formula is C13H16N2O2. The second-order valence-electron chi connectivity index (χ2n) is 4.10. The number of carboxylic acids is 1. The van der Waals surface area contributed by atoms with Crippen LogP contribution in [0.25, 0.3) is 10.9 Å². The van der Waals surface area contributed by atoms with Crippen LogP contribution in [-0.2, 0) is 18.3 Å². The Morgan fingerprint density at radius 3 is 3.00 bits per heavy atom. The summed E-state index contributed by atoms with van der Waals surface area (Å²) in [4.78, 5) is 10.4. The van der Waals surface area contributed by atoms with Gasteiger partial charge in [-0.05, 0) is 30.0 Å². The number of carbonyl (C=O) groups is 1. The van der Waals surface area contributed by atoms with E-state index in [2.05, 4.69) is 28.1 Å². The van der Waals surface area contributed by atoms with Gasteiger partial charge in [-0.25, -0.2) is 0 Å². The predicted octanol–water partition coefficient (Wildman–Crippen LogP) is 1.40. The highest BCUT2D eigenvalue weighted by atomic mass is 16.4. The highest BCUT2D eigenvalue weighted by Crippen LogP contribution is 2.19. The minimum Gasteiger partial charge on any atom is -0.480 e. The fourth-order valence-corrected chi connectivity index (χ4v) is 2.06. The Balaban J connectivity index is 2.08. The molecule has 0 aliphatic carbocycles. The van der Waals surface area contributed by atoms with Crippen molar-refractivity contribution in [1.29, 1.82) is 0 Å². The van der Waals surface area contributed by atoms with E-state index in [9.17, 15) is 4.79 Å². The smallest absolute Gasteiger partial charge is 0.317 e. The van der Waals surface area contributed by atoms with Crippen LogP contribution in [0.4, 0.5) is 0 Å². The molecule has 0 aliphatic heterocycles. The van der Waals surface area contributed by atoms with Gasteiger partial charge in [-0.3, -0.25) is 4.79 Å². The van der Waals surface area contributed by atoms with Crippen molar-refractivity contribution in [2.75, 3.05) is 13.1 Å². The highest BCUT2D eigenvalue weighted by molar-refractivity contribution is 5.83. The lowest BCUT2D eigenvalue weighted by atomic mass is 10.1. The predicted molar refractivity (Wildman–Crippen MR) is 67.1 cm³/mol. The van der Waals surface area contributed by atoms with Gasteiger partial charge in [-0.1, -0.05) is 18.2 Å². The summed E-state index contributed by atoms with van der Waals surface area (Å²) in [6.45, 7) is 0.694. The molecule has 4 nitrogen and oxygen atoms in total. The number of benzene rings is 1. The molecule has 0 bridgehead atoms. The number of fused-ring (bicyclic) bond motifs is 1. The van der Waals surface area contributed by atoms with Crippen LogP contribution in [0.1, 0.15) is 5.56 Å². The average Bonchev–Trinajstić information content (AvgIpc) is 2.67. The average molecular weight is 232 g/mol. The van der Waals surface area contributed by atoms with Gasteiger partial charge in [0.15, 0.2) is 0 Å². The number of aliphatic carboxylic acids is 1. The van der Waals surface area contributed by atoms with Crippen LogP contribution in [0.5, 0.6) is 0 Å². The largest absolute Gasteiger partial charge is 0.480 e. The van der Waals surface area contributed by atoms with Crippen molar-refractivity contribution in [3.05, 3.63) is 36.0 Å². The summed E-state index contributed by atoms with van der Waals surface area (Å²) in [5.41, 5.74) is 2.47. The first kappa shape index (κ1) is 11.7. The van der Waals surface area contributed by atoms with Crippen molar-refractivity contribution < 1.29 is 9.90 Å². The van der Waals surface area contributed by atoms with Gasteiger partial charge in [-0.15, -0.1) is 0 Å². The maximum Gasteiger partial charge on any atom is 0.317 e. The standard InChI is InChI=1S/C13H16N2O2/c1-15-8-6-11-4-2-3-10(13(11)15)5-7-14-9-12(16)17/h2-4,6,8,14H,5,7,9H2,1H3,(H,16,17). The van der Waals surface area contributed by atoms with E-state index in [0.29, 0.717) is 6.54 Å². The van der Waals surface area contributed by atoms with Crippen molar-refractivity contribution in [3.8, 4) is 0 Å². The van der Waals surface area contributed by atoms with E-state index >= 15 is 0 Å². The van der Waals surface area contributed by atoms with Crippen LogP contribution >= 0.6 is 0 Å². The fraction of sp³-hybridized carbons (Fsp3) is 0.308. The third-order valence-corrected chi connectivity index (χ3v) is 2.83. The summed E-state index contributed by atoms with van der Waals surface area (Å²) in [5, 5.41) is 12.7. The zero-order valence-electron chi connectivity index (χ0n) is 9.81. The summed E-state index contributed by atoms with van der Waals surface area (Å²) in [7, 11) is 2.02. The van der Waals surface area contributed by atoms with E-state index in [1.54, 1.807) is 0 Å². The van der Waals surface area contributed by atoms with Crippen LogP contribution in [0.15, 0.2) is 30.5 Å². The molecule has 0 saturated heterocycles. The zero-order valence-corrected chi connectivity index (χ0v) is 9.81. The van der Waals surface area contributed by atoms with Crippen LogP contribution in [0.3, 0.4) is 0 Å². The van der Waals surface area contributed by atoms with E-state index in [4.69, 9.17) is 5.11 Å². The van der Waals surface area contributed by atoms with E-state index < -0.39 is 5.97 Å². The van der Waals surface area contributed by atoms with Crippen molar-refractivity contribution in [2.45, 2.75) is 6.42 Å². The summed E-state index contributed by atoms with van der Waals surface area (Å²) < 4.78 is 2.10. The number of hydrogen-bond acceptors (Lipinski definition) is 2. The van der Waals surface area contributed by atoms with Gasteiger partial charge in [0, 0.05) is 13.2 Å². The molecule has 4 heteroatoms. The second-order valence-corrected chi connectivity index (χ2v) is 4.10. The molecule has 1 aromatic carbocycles. The van der Waals surface area contributed by atoms with Crippen LogP contribution in [0.2, 0.25) is 0 Å². The molecule has 0 unspecified atom stereocenters. The van der Waals surface area contributed by atoms with Gasteiger partial charge < -0.3 is 15.0 Å². The van der Waals surface area contributed by atoms with Crippen LogP contribution in [0, 0.1) is 0 Å². The molecule has 0 saturated carbocycles. The van der Waals surface area contributed by atoms with E-state index in [0.717, 1.165) is 6.42 Å². The first-order chi connectivity index (χ1) is 8.18. The number of nitrogens with one attached hydrogen (secondary N) is 1. The molecule has 1 aromatic heterocycles. The van der Waals surface area contributed by atoms with Gasteiger partial charge in [0.05, 0.1) is 12.1 Å². The molecule has 1 heterocycles. The molecule has 0 fully saturated rings. The molecule has 0 radical (unpaired) electrons. The Labute approximate surface area is 99.9 Å². The monoisotopic (exact) mass is 232 g/mol. The number of carboxylic acid groups (broad SMARTS) is 1. The summed E-state index contributed by atoms with van der Waals surface area (Å²) in [6, 6.07) is 8.30. The first-order valence-electron chi connectivity index (χ1n) is 5.64. The van der Waals surface area contributed by atoms with E-state index in [1.165, 1.54) is 16.5 Å². The quantitative estimate of drug-likeness (QED) is 0.766. The molecule has 0 amide bonds. The van der Waals surface area contributed by atoms with Gasteiger partial charge in [0.2, 0.25) is 0 Å². The molecule has 2 rings (SSSR count). The molecule has 0 aliphatic rings. The minimum atomic E-state index is -0.818. The minimum absolute atomic E-state index is 0.0170. The maximum absolute atomic E-state index is 10.4. The summed E-state index contributed by atoms with van der Waals surface area (Å²) in [6.07, 6.45) is 2.88. The van der Waals surface area contributed by atoms with Gasteiger partial charge >= 0.3 is 5.97 Å². The summed E-state index contributed by atoms with van der Waals surface area (Å²) >= 11 is 0. The number of hydrogen-bond donors (Lipinski definition) is 2. The van der Waals surface area contributed by atoms with Crippen molar-refractivity contribution >= 4 is 16.9 Å². The number of nitrogens with zero attached hydrogens (tertiary/aromatic N) is 1. The molecule has 17 heavy (non-hydrogen) atoms. The fourth-order valence-electron chi connectivity index (χ4n) is 2.06. The first-order valence-corrected chi connectivity index (χ1v) is 5.64. The molecular weight excluding hydrogens is 216 g/mol. The van der Waals surface area contributed by atoms with Crippen molar-refractivity contribution in [2.24, 2.45) is 7.05 Å². The Bertz CT molecular complexity index is 531. The van der Waals surface area contributed by atoms with Gasteiger partial charge in [0.1, 0.15) is 0 Å². The van der Waals surface area contributed by atoms with Crippen molar-refractivity contribution in [3.63, 3.8) is 0 Å². The Kier molecular flexibility index (Phi) is 3.44. The Hall–Kier alpha value is -1.81. The van der Waals surface area contributed by atoms with Gasteiger partial charge in [0.25, 0.3) is 0 Å². The lowest BCUT2D eigenvalue weighted by Gasteiger charge is -2.06. The summed E-state index contributed by atoms with van der Waals surface area (Å²) in [5.74, 6) is -0.818. The third-order valence-electron chi connectivity index (χ3n) is 2.83. The highest BCUT2D eigenvalue weighted by Gasteiger charge is 2.04. The lowest BCUT2D eigenvalue weighted by molar-refractivity contribution is -0.135. The second kappa shape index (κ2) is 5.01. The number of aromatic nitrogens is 1. The number of aryl methyl sites for hydroxylation is 1. The lowest BCUT2D eigenvalue weighted by Crippen LogP contribution is -2.24. The Morgan fingerprint density at radius 2 is 2.24 bits per heavy atom.